The maximum Gasteiger partial charge on any atom is 0.271 e. The van der Waals surface area contributed by atoms with Crippen molar-refractivity contribution in [3.63, 3.8) is 0 Å². The van der Waals surface area contributed by atoms with E-state index in [1.807, 2.05) is 6.92 Å². The van der Waals surface area contributed by atoms with Crippen molar-refractivity contribution >= 4 is 27.3 Å². The fourth-order valence-corrected chi connectivity index (χ4v) is 4.21. The van der Waals surface area contributed by atoms with Gasteiger partial charge in [0, 0.05) is 30.8 Å². The average Bonchev–Trinajstić information content (AvgIpc) is 3.57. The van der Waals surface area contributed by atoms with Crippen LogP contribution in [0.25, 0.3) is 0 Å². The average molecular weight is 433 g/mol. The Labute approximate surface area is 174 Å². The van der Waals surface area contributed by atoms with Gasteiger partial charge in [-0.3, -0.25) is 19.6 Å². The van der Waals surface area contributed by atoms with Crippen molar-refractivity contribution in [1.82, 2.24) is 4.90 Å². The van der Waals surface area contributed by atoms with Crippen LogP contribution in [0.15, 0.2) is 47.4 Å². The summed E-state index contributed by atoms with van der Waals surface area (Å²) in [6.07, 6.45) is 2.23. The molecule has 0 aliphatic heterocycles. The van der Waals surface area contributed by atoms with E-state index >= 15 is 0 Å². The van der Waals surface area contributed by atoms with Crippen LogP contribution < -0.4 is 9.46 Å². The van der Waals surface area contributed by atoms with Crippen LogP contribution in [0.1, 0.15) is 30.1 Å². The van der Waals surface area contributed by atoms with E-state index in [0.717, 1.165) is 18.9 Å². The van der Waals surface area contributed by atoms with Gasteiger partial charge >= 0.3 is 0 Å². The van der Waals surface area contributed by atoms with E-state index in [-0.39, 0.29) is 34.0 Å². The molecule has 1 fully saturated rings. The van der Waals surface area contributed by atoms with E-state index in [9.17, 15) is 23.3 Å². The number of ether oxygens (including phenoxy) is 1. The summed E-state index contributed by atoms with van der Waals surface area (Å²) in [7, 11) is -0.974. The van der Waals surface area contributed by atoms with Crippen molar-refractivity contribution in [3.05, 3.63) is 58.1 Å². The number of nitro benzene ring substituents is 1. The highest BCUT2D eigenvalue weighted by Crippen LogP contribution is 2.35. The predicted octanol–water partition coefficient (Wildman–Crippen LogP) is 3.27. The highest BCUT2D eigenvalue weighted by molar-refractivity contribution is 7.92. The third kappa shape index (κ3) is 4.54. The molecule has 1 unspecified atom stereocenters. The number of hydrogen-bond donors (Lipinski definition) is 1. The van der Waals surface area contributed by atoms with Gasteiger partial charge in [-0.2, -0.15) is 0 Å². The molecule has 160 valence electrons. The van der Waals surface area contributed by atoms with Crippen LogP contribution in [0.4, 0.5) is 11.4 Å². The van der Waals surface area contributed by atoms with Crippen molar-refractivity contribution in [1.29, 1.82) is 0 Å². The van der Waals surface area contributed by atoms with Crippen molar-refractivity contribution in [2.45, 2.75) is 30.7 Å². The summed E-state index contributed by atoms with van der Waals surface area (Å²) in [6, 6.07) is 9.32. The summed E-state index contributed by atoms with van der Waals surface area (Å²) >= 11 is 0. The molecule has 0 aromatic heterocycles. The van der Waals surface area contributed by atoms with Gasteiger partial charge in [0.15, 0.2) is 0 Å². The largest absolute Gasteiger partial charge is 0.495 e. The molecule has 0 bridgehead atoms. The number of rotatable bonds is 8. The molecular formula is C20H23N3O6S. The number of benzene rings is 2. The number of hydrogen-bond acceptors (Lipinski definition) is 6. The quantitative estimate of drug-likeness (QED) is 0.504. The number of non-ortho nitro benzene ring substituents is 1. The van der Waals surface area contributed by atoms with Crippen LogP contribution in [0.3, 0.4) is 0 Å². The van der Waals surface area contributed by atoms with Crippen LogP contribution in [0.2, 0.25) is 0 Å². The fraction of sp³-hybridized carbons (Fsp3) is 0.350. The number of carbonyl (C=O) groups is 1. The van der Waals surface area contributed by atoms with E-state index in [1.165, 1.54) is 43.5 Å². The molecule has 0 heterocycles. The minimum Gasteiger partial charge on any atom is -0.495 e. The molecule has 2 aromatic carbocycles. The Morgan fingerprint density at radius 1 is 1.23 bits per heavy atom. The molecule has 2 aromatic rings. The highest BCUT2D eigenvalue weighted by atomic mass is 32.2. The zero-order valence-corrected chi connectivity index (χ0v) is 17.7. The topological polar surface area (TPSA) is 119 Å². The van der Waals surface area contributed by atoms with Crippen LogP contribution >= 0.6 is 0 Å². The van der Waals surface area contributed by atoms with Crippen LogP contribution in [0, 0.1) is 16.0 Å². The first kappa shape index (κ1) is 21.6. The van der Waals surface area contributed by atoms with Gasteiger partial charge in [-0.15, -0.1) is 0 Å². The van der Waals surface area contributed by atoms with Gasteiger partial charge in [-0.1, -0.05) is 0 Å². The fourth-order valence-electron chi connectivity index (χ4n) is 3.15. The molecule has 1 amide bonds. The summed E-state index contributed by atoms with van der Waals surface area (Å²) < 4.78 is 32.9. The molecule has 0 spiro atoms. The second-order valence-corrected chi connectivity index (χ2v) is 8.95. The lowest BCUT2D eigenvalue weighted by atomic mass is 10.1. The Morgan fingerprint density at radius 2 is 1.87 bits per heavy atom. The van der Waals surface area contributed by atoms with E-state index in [2.05, 4.69) is 4.72 Å². The Morgan fingerprint density at radius 3 is 2.40 bits per heavy atom. The number of anilines is 1. The highest BCUT2D eigenvalue weighted by Gasteiger charge is 2.32. The van der Waals surface area contributed by atoms with Gasteiger partial charge < -0.3 is 9.64 Å². The number of nitro groups is 1. The number of nitrogens with one attached hydrogen (secondary N) is 1. The number of nitrogens with zero attached hydrogens (tertiary/aromatic N) is 2. The first-order valence-corrected chi connectivity index (χ1v) is 10.8. The lowest BCUT2D eigenvalue weighted by Crippen LogP contribution is -2.36. The first-order valence-electron chi connectivity index (χ1n) is 9.36. The Kier molecular flexibility index (Phi) is 5.97. The number of carbonyl (C=O) groups excluding carboxylic acids is 1. The van der Waals surface area contributed by atoms with E-state index < -0.39 is 14.9 Å². The van der Waals surface area contributed by atoms with Crippen LogP contribution in [0.5, 0.6) is 5.75 Å². The summed E-state index contributed by atoms with van der Waals surface area (Å²) in [6.45, 7) is 2.00. The van der Waals surface area contributed by atoms with Gasteiger partial charge in [-0.05, 0) is 56.0 Å². The lowest BCUT2D eigenvalue weighted by molar-refractivity contribution is -0.384. The van der Waals surface area contributed by atoms with Crippen molar-refractivity contribution in [2.75, 3.05) is 18.9 Å². The van der Waals surface area contributed by atoms with E-state index in [0.29, 0.717) is 11.5 Å². The molecule has 0 saturated heterocycles. The van der Waals surface area contributed by atoms with E-state index in [1.54, 1.807) is 11.9 Å². The molecule has 10 heteroatoms. The smallest absolute Gasteiger partial charge is 0.271 e. The zero-order valence-electron chi connectivity index (χ0n) is 16.9. The number of sulfonamides is 1. The molecule has 1 saturated carbocycles. The Bertz CT molecular complexity index is 1060. The molecule has 1 aliphatic carbocycles. The third-order valence-corrected chi connectivity index (χ3v) is 6.67. The van der Waals surface area contributed by atoms with E-state index in [4.69, 9.17) is 4.74 Å². The van der Waals surface area contributed by atoms with Crippen LogP contribution in [-0.4, -0.2) is 44.3 Å². The van der Waals surface area contributed by atoms with Gasteiger partial charge in [0.2, 0.25) is 0 Å². The Hall–Kier alpha value is -3.14. The van der Waals surface area contributed by atoms with Gasteiger partial charge in [0.05, 0.1) is 22.6 Å². The lowest BCUT2D eigenvalue weighted by Gasteiger charge is -2.25. The van der Waals surface area contributed by atoms with Gasteiger partial charge in [0.1, 0.15) is 5.75 Å². The molecule has 0 radical (unpaired) electrons. The molecule has 3 rings (SSSR count). The van der Waals surface area contributed by atoms with Gasteiger partial charge in [-0.25, -0.2) is 8.42 Å². The second kappa shape index (κ2) is 8.31. The van der Waals surface area contributed by atoms with Crippen molar-refractivity contribution < 1.29 is 22.9 Å². The molecule has 9 nitrogen and oxygen atoms in total. The summed E-state index contributed by atoms with van der Waals surface area (Å²) in [5.41, 5.74) is 0.0592. The predicted molar refractivity (Wildman–Crippen MR) is 111 cm³/mol. The number of amides is 1. The van der Waals surface area contributed by atoms with Crippen molar-refractivity contribution in [3.8, 4) is 5.75 Å². The summed E-state index contributed by atoms with van der Waals surface area (Å²) in [4.78, 5) is 24.6. The van der Waals surface area contributed by atoms with Crippen molar-refractivity contribution in [2.24, 2.45) is 5.92 Å². The monoisotopic (exact) mass is 433 g/mol. The third-order valence-electron chi connectivity index (χ3n) is 5.29. The molecule has 1 N–H and O–H groups in total. The maximum absolute atomic E-state index is 12.7. The molecule has 1 atom stereocenters. The standard InChI is InChI=1S/C20H23N3O6S/c1-13(14-4-5-14)22(2)20(24)15-6-9-17(10-7-15)30(27,28)21-18-12-16(23(25)26)8-11-19(18)29-3/h6-14,21H,4-5H2,1-3H3. The Balaban J connectivity index is 1.81. The normalized spacial score (nSPS) is 14.6. The number of methoxy groups -OCH3 is 1. The SMILES string of the molecule is COc1ccc([N+](=O)[O-])cc1NS(=O)(=O)c1ccc(C(=O)N(C)C(C)C2CC2)cc1. The molecular weight excluding hydrogens is 410 g/mol. The molecule has 30 heavy (non-hydrogen) atoms. The van der Waals surface area contributed by atoms with Gasteiger partial charge in [0.25, 0.3) is 21.6 Å². The first-order chi connectivity index (χ1) is 14.1. The minimum absolute atomic E-state index is 0.0511. The molecule has 1 aliphatic rings. The zero-order chi connectivity index (χ0) is 22.1. The summed E-state index contributed by atoms with van der Waals surface area (Å²) in [5.74, 6) is 0.492. The van der Waals surface area contributed by atoms with Crippen LogP contribution in [-0.2, 0) is 10.0 Å². The second-order valence-electron chi connectivity index (χ2n) is 7.27. The maximum atomic E-state index is 12.7. The minimum atomic E-state index is -4.05. The summed E-state index contributed by atoms with van der Waals surface area (Å²) in [5, 5.41) is 11.0.